The second kappa shape index (κ2) is 21.7. The van der Waals surface area contributed by atoms with Crippen LogP contribution in [0.1, 0.15) is 40.3 Å². The molecule has 0 aromatic heterocycles. The van der Waals surface area contributed by atoms with Crippen LogP contribution in [0.15, 0.2) is 243 Å². The molecule has 16 aromatic rings. The number of nitrogens with zero attached hydrogens (tertiary/aromatic N) is 2. The summed E-state index contributed by atoms with van der Waals surface area (Å²) < 4.78 is 90.0. The molecule has 458 valence electrons. The minimum Gasteiger partial charge on any atom is -0.310 e. The highest BCUT2D eigenvalue weighted by Crippen LogP contribution is 2.49. The van der Waals surface area contributed by atoms with E-state index in [0.717, 1.165) is 187 Å². The van der Waals surface area contributed by atoms with Crippen molar-refractivity contribution in [3.05, 3.63) is 305 Å². The summed E-state index contributed by atoms with van der Waals surface area (Å²) in [5.41, 5.74) is 12.6. The largest absolute Gasteiger partial charge is 0.310 e. The zero-order chi connectivity index (χ0) is 64.9. The third-order valence-corrected chi connectivity index (χ3v) is 19.7. The molecule has 0 amide bonds. The molecule has 0 saturated carbocycles. The smallest absolute Gasteiger partial charge is 0.130 e. The van der Waals surface area contributed by atoms with Crippen LogP contribution in [0.3, 0.4) is 0 Å². The van der Waals surface area contributed by atoms with Crippen LogP contribution >= 0.6 is 0 Å². The zero-order valence-corrected chi connectivity index (χ0v) is 52.5. The normalized spacial score (nSPS) is 14.0. The predicted molar refractivity (Wildman–Crippen MR) is 385 cm³/mol. The Morgan fingerprint density at radius 2 is 0.589 bits per heavy atom. The Kier molecular flexibility index (Phi) is 13.2. The molecule has 1 aliphatic carbocycles. The standard InChI is InChI=1S/C87H58F6N2/c1-48-30-65(91)31-49(2)85(48)59-13-24-73-77(41-59)83-46-82-76-27-23-72(95(69-20-11-54-36-64(90)17-8-57(54)39-69)70-21-12-61-47-87(5,93)29-28-58(61)40-70)44-80(76)74-25-14-60(86-50(3)32-66(92)33-51(86)4)42-78(74)84(82)45-81(83)75-26-22-71(43-79(73)75)94(67-18-9-52-34-62(88)15-6-55(52)37-67)68-19-10-53-35-63(89)16-7-56(53)38-68/h6-46H,47H2,1-5H3. The van der Waals surface area contributed by atoms with Gasteiger partial charge in [0.15, 0.2) is 0 Å². The van der Waals surface area contributed by atoms with E-state index >= 15 is 13.2 Å². The average molecular weight is 1250 g/mol. The summed E-state index contributed by atoms with van der Waals surface area (Å²) in [6, 6.07) is 76.1. The first-order chi connectivity index (χ1) is 45.9. The van der Waals surface area contributed by atoms with Crippen molar-refractivity contribution in [1.29, 1.82) is 0 Å². The molecule has 16 aromatic carbocycles. The number of halogens is 6. The maximum atomic E-state index is 15.5. The third kappa shape index (κ3) is 9.80. The van der Waals surface area contributed by atoms with E-state index in [1.165, 1.54) is 30.3 Å². The van der Waals surface area contributed by atoms with Crippen LogP contribution in [-0.2, 0) is 6.42 Å². The monoisotopic (exact) mass is 1240 g/mol. The van der Waals surface area contributed by atoms with E-state index in [0.29, 0.717) is 0 Å². The van der Waals surface area contributed by atoms with Gasteiger partial charge in [-0.05, 0) is 351 Å². The summed E-state index contributed by atoms with van der Waals surface area (Å²) in [7, 11) is 0. The molecule has 0 saturated heterocycles. The number of benzene rings is 16. The highest BCUT2D eigenvalue weighted by atomic mass is 19.2. The lowest BCUT2D eigenvalue weighted by atomic mass is 9.85. The molecule has 0 radical (unpaired) electrons. The van der Waals surface area contributed by atoms with Crippen molar-refractivity contribution in [2.75, 3.05) is 9.80 Å². The zero-order valence-electron chi connectivity index (χ0n) is 52.5. The van der Waals surface area contributed by atoms with Crippen LogP contribution in [0.25, 0.3) is 125 Å². The van der Waals surface area contributed by atoms with Crippen LogP contribution < -0.4 is 9.80 Å². The van der Waals surface area contributed by atoms with Gasteiger partial charge in [0.05, 0.1) is 0 Å². The molecule has 0 fully saturated rings. The van der Waals surface area contributed by atoms with E-state index in [4.69, 9.17) is 0 Å². The molecule has 1 unspecified atom stereocenters. The highest BCUT2D eigenvalue weighted by Gasteiger charge is 2.27. The summed E-state index contributed by atoms with van der Waals surface area (Å²) in [5.74, 6) is -1.53. The van der Waals surface area contributed by atoms with E-state index in [1.807, 2.05) is 76.2 Å². The lowest BCUT2D eigenvalue weighted by molar-refractivity contribution is 0.256. The fraction of sp³-hybridized carbons (Fsp3) is 0.0805. The Morgan fingerprint density at radius 3 is 1.00 bits per heavy atom. The van der Waals surface area contributed by atoms with Crippen molar-refractivity contribution in [1.82, 2.24) is 0 Å². The second-order valence-corrected chi connectivity index (χ2v) is 26.1. The van der Waals surface area contributed by atoms with Gasteiger partial charge in [-0.25, -0.2) is 26.3 Å². The molecule has 1 atom stereocenters. The molecule has 17 rings (SSSR count). The van der Waals surface area contributed by atoms with E-state index < -0.39 is 5.67 Å². The summed E-state index contributed by atoms with van der Waals surface area (Å²) in [6.45, 7) is 9.42. The van der Waals surface area contributed by atoms with Crippen molar-refractivity contribution < 1.29 is 26.3 Å². The molecule has 8 heteroatoms. The SMILES string of the molecule is Cc1cc(F)cc(C)c1-c1ccc2c(c1)c1cc3c4ccc(N(c5ccc6cc(F)ccc6c5)c5ccc6cc(F)ccc6c5)cc4c4ccc(-c5c(C)cc(F)cc5C)cc4c3cc1c1ccc(N(c3ccc4c(c3)C=CC(C)(F)C4)c3ccc4cc(F)ccc4c3)cc21. The maximum Gasteiger partial charge on any atom is 0.130 e. The molecule has 0 bridgehead atoms. The maximum absolute atomic E-state index is 15.5. The van der Waals surface area contributed by atoms with Gasteiger partial charge in [-0.1, -0.05) is 84.9 Å². The van der Waals surface area contributed by atoms with Crippen LogP contribution in [-0.4, -0.2) is 5.67 Å². The van der Waals surface area contributed by atoms with Gasteiger partial charge in [-0.2, -0.15) is 0 Å². The van der Waals surface area contributed by atoms with Crippen molar-refractivity contribution >= 4 is 137 Å². The number of rotatable bonds is 8. The number of hydrogen-bond donors (Lipinski definition) is 0. The Bertz CT molecular complexity index is 5930. The van der Waals surface area contributed by atoms with Gasteiger partial charge in [0.25, 0.3) is 0 Å². The van der Waals surface area contributed by atoms with Gasteiger partial charge in [0.1, 0.15) is 34.8 Å². The molecular formula is C87H58F6N2. The van der Waals surface area contributed by atoms with Crippen LogP contribution in [0.4, 0.5) is 60.5 Å². The Labute approximate surface area is 544 Å². The van der Waals surface area contributed by atoms with Gasteiger partial charge >= 0.3 is 0 Å². The second-order valence-electron chi connectivity index (χ2n) is 26.1. The van der Waals surface area contributed by atoms with Crippen LogP contribution in [0.5, 0.6) is 0 Å². The first kappa shape index (κ1) is 57.7. The summed E-state index contributed by atoms with van der Waals surface area (Å²) in [4.78, 5) is 4.41. The average Bonchev–Trinajstić information content (AvgIpc) is 0.715. The number of hydrogen-bond acceptors (Lipinski definition) is 2. The molecule has 95 heavy (non-hydrogen) atoms. The molecule has 1 aliphatic rings. The summed E-state index contributed by atoms with van der Waals surface area (Å²) >= 11 is 0. The summed E-state index contributed by atoms with van der Waals surface area (Å²) in [6.07, 6.45) is 3.76. The number of anilines is 6. The van der Waals surface area contributed by atoms with Crippen LogP contribution in [0, 0.1) is 56.8 Å². The van der Waals surface area contributed by atoms with Gasteiger partial charge in [-0.3, -0.25) is 0 Å². The fourth-order valence-electron chi connectivity index (χ4n) is 15.5. The number of alkyl halides is 1. The molecule has 0 spiro atoms. The number of fused-ring (bicyclic) bond motifs is 16. The lowest BCUT2D eigenvalue weighted by Gasteiger charge is -2.29. The van der Waals surface area contributed by atoms with Gasteiger partial charge in [0, 0.05) is 40.5 Å². The third-order valence-electron chi connectivity index (χ3n) is 19.7. The lowest BCUT2D eigenvalue weighted by Crippen LogP contribution is -2.21. The van der Waals surface area contributed by atoms with Gasteiger partial charge in [0.2, 0.25) is 0 Å². The van der Waals surface area contributed by atoms with E-state index in [-0.39, 0.29) is 35.5 Å². The van der Waals surface area contributed by atoms with Crippen LogP contribution in [0.2, 0.25) is 0 Å². The van der Waals surface area contributed by atoms with E-state index in [2.05, 4.69) is 125 Å². The number of aryl methyl sites for hydroxylation is 4. The van der Waals surface area contributed by atoms with Crippen molar-refractivity contribution in [3.8, 4) is 22.3 Å². The van der Waals surface area contributed by atoms with E-state index in [9.17, 15) is 13.2 Å². The molecule has 0 heterocycles. The van der Waals surface area contributed by atoms with Gasteiger partial charge in [-0.15, -0.1) is 0 Å². The summed E-state index contributed by atoms with van der Waals surface area (Å²) in [5, 5.41) is 17.0. The van der Waals surface area contributed by atoms with Crippen molar-refractivity contribution in [2.45, 2.75) is 46.7 Å². The fourth-order valence-corrected chi connectivity index (χ4v) is 15.5. The Morgan fingerprint density at radius 1 is 0.284 bits per heavy atom. The minimum atomic E-state index is -1.47. The highest BCUT2D eigenvalue weighted by molar-refractivity contribution is 6.34. The quantitative estimate of drug-likeness (QED) is 0.0850. The molecule has 0 aliphatic heterocycles. The van der Waals surface area contributed by atoms with Crippen molar-refractivity contribution in [3.63, 3.8) is 0 Å². The topological polar surface area (TPSA) is 6.48 Å². The first-order valence-corrected chi connectivity index (χ1v) is 31.9. The van der Waals surface area contributed by atoms with Crippen molar-refractivity contribution in [2.24, 2.45) is 0 Å². The predicted octanol–water partition coefficient (Wildman–Crippen LogP) is 25.6. The van der Waals surface area contributed by atoms with Gasteiger partial charge < -0.3 is 9.80 Å². The molecule has 2 nitrogen and oxygen atoms in total. The minimum absolute atomic E-state index is 0.259. The Hall–Kier alpha value is -11.2. The Balaban J connectivity index is 0.954. The first-order valence-electron chi connectivity index (χ1n) is 31.9. The number of allylic oxidation sites excluding steroid dienone is 1. The molecular weight excluding hydrogens is 1190 g/mol. The van der Waals surface area contributed by atoms with E-state index in [1.54, 1.807) is 61.5 Å². The molecule has 0 N–H and O–H groups in total.